The average Bonchev–Trinajstić information content (AvgIpc) is 2.29. The second-order valence-corrected chi connectivity index (χ2v) is 3.56. The Morgan fingerprint density at radius 1 is 1.67 bits per heavy atom. The molecule has 82 valence electrons. The van der Waals surface area contributed by atoms with Crippen molar-refractivity contribution in [1.82, 2.24) is 9.97 Å². The molecule has 5 nitrogen and oxygen atoms in total. The van der Waals surface area contributed by atoms with Gasteiger partial charge in [-0.3, -0.25) is 4.79 Å². The fourth-order valence-corrected chi connectivity index (χ4v) is 1.33. The Balaban J connectivity index is 2.76. The van der Waals surface area contributed by atoms with Gasteiger partial charge in [0.1, 0.15) is 5.82 Å². The fourth-order valence-electron chi connectivity index (χ4n) is 0.987. The molecule has 0 unspecified atom stereocenters. The molecule has 2 N–H and O–H groups in total. The SMILES string of the molecule is CSc1ncc(C=O)c(NCCCO)n1. The number of carbonyl (C=O) groups is 1. The molecule has 15 heavy (non-hydrogen) atoms. The van der Waals surface area contributed by atoms with E-state index in [9.17, 15) is 4.79 Å². The van der Waals surface area contributed by atoms with Crippen LogP contribution in [0.4, 0.5) is 5.82 Å². The molecule has 0 aromatic carbocycles. The first-order valence-electron chi connectivity index (χ1n) is 4.52. The summed E-state index contributed by atoms with van der Waals surface area (Å²) in [6, 6.07) is 0. The number of aliphatic hydroxyl groups is 1. The van der Waals surface area contributed by atoms with Crippen LogP contribution < -0.4 is 5.32 Å². The highest BCUT2D eigenvalue weighted by Crippen LogP contribution is 2.14. The summed E-state index contributed by atoms with van der Waals surface area (Å²) >= 11 is 1.41. The summed E-state index contributed by atoms with van der Waals surface area (Å²) in [5, 5.41) is 12.2. The van der Waals surface area contributed by atoms with Crippen molar-refractivity contribution in [3.63, 3.8) is 0 Å². The number of thioether (sulfide) groups is 1. The van der Waals surface area contributed by atoms with Gasteiger partial charge in [0.25, 0.3) is 0 Å². The van der Waals surface area contributed by atoms with Gasteiger partial charge in [0.2, 0.25) is 0 Å². The summed E-state index contributed by atoms with van der Waals surface area (Å²) in [5.41, 5.74) is 0.436. The van der Waals surface area contributed by atoms with Crippen molar-refractivity contribution in [3.05, 3.63) is 11.8 Å². The number of carbonyl (C=O) groups excluding carboxylic acids is 1. The summed E-state index contributed by atoms with van der Waals surface area (Å²) in [6.07, 6.45) is 4.70. The first-order chi connectivity index (χ1) is 7.31. The van der Waals surface area contributed by atoms with Crippen LogP contribution in [0.3, 0.4) is 0 Å². The predicted octanol–water partition coefficient (Wildman–Crippen LogP) is 0.805. The monoisotopic (exact) mass is 227 g/mol. The standard InChI is InChI=1S/C9H13N3O2S/c1-15-9-11-5-7(6-14)8(12-9)10-3-2-4-13/h5-6,13H,2-4H2,1H3,(H,10,11,12). The Kier molecular flexibility index (Phi) is 5.06. The van der Waals surface area contributed by atoms with Crippen LogP contribution in [0.1, 0.15) is 16.8 Å². The van der Waals surface area contributed by atoms with Crippen molar-refractivity contribution in [2.75, 3.05) is 24.7 Å². The Morgan fingerprint density at radius 2 is 2.47 bits per heavy atom. The Bertz CT molecular complexity index is 333. The number of hydrogen-bond acceptors (Lipinski definition) is 6. The van der Waals surface area contributed by atoms with Gasteiger partial charge in [-0.05, 0) is 12.7 Å². The van der Waals surface area contributed by atoms with Crippen LogP contribution in [0.25, 0.3) is 0 Å². The van der Waals surface area contributed by atoms with Crippen molar-refractivity contribution in [1.29, 1.82) is 0 Å². The molecule has 1 heterocycles. The van der Waals surface area contributed by atoms with Crippen molar-refractivity contribution in [2.45, 2.75) is 11.6 Å². The van der Waals surface area contributed by atoms with Crippen LogP contribution in [0.15, 0.2) is 11.4 Å². The molecular formula is C9H13N3O2S. The first kappa shape index (κ1) is 11.9. The number of anilines is 1. The lowest BCUT2D eigenvalue weighted by atomic mass is 10.3. The molecule has 0 saturated carbocycles. The van der Waals surface area contributed by atoms with E-state index in [1.165, 1.54) is 18.0 Å². The lowest BCUT2D eigenvalue weighted by Gasteiger charge is -2.07. The van der Waals surface area contributed by atoms with Crippen LogP contribution in [-0.4, -0.2) is 40.8 Å². The lowest BCUT2D eigenvalue weighted by Crippen LogP contribution is -2.08. The molecule has 6 heteroatoms. The molecule has 0 fully saturated rings. The van der Waals surface area contributed by atoms with E-state index >= 15 is 0 Å². The predicted molar refractivity (Wildman–Crippen MR) is 59.4 cm³/mol. The van der Waals surface area contributed by atoms with Crippen molar-refractivity contribution in [2.24, 2.45) is 0 Å². The van der Waals surface area contributed by atoms with E-state index in [0.717, 1.165) is 0 Å². The third-order valence-electron chi connectivity index (χ3n) is 1.73. The van der Waals surface area contributed by atoms with E-state index < -0.39 is 0 Å². The van der Waals surface area contributed by atoms with E-state index in [-0.39, 0.29) is 6.61 Å². The van der Waals surface area contributed by atoms with Crippen LogP contribution in [-0.2, 0) is 0 Å². The van der Waals surface area contributed by atoms with Gasteiger partial charge in [-0.1, -0.05) is 11.8 Å². The molecule has 0 aliphatic rings. The first-order valence-corrected chi connectivity index (χ1v) is 5.75. The number of nitrogens with one attached hydrogen (secondary N) is 1. The second kappa shape index (κ2) is 6.36. The lowest BCUT2D eigenvalue weighted by molar-refractivity contribution is 0.112. The number of aromatic nitrogens is 2. The van der Waals surface area contributed by atoms with Crippen molar-refractivity contribution in [3.8, 4) is 0 Å². The van der Waals surface area contributed by atoms with Crippen LogP contribution >= 0.6 is 11.8 Å². The van der Waals surface area contributed by atoms with Gasteiger partial charge in [-0.25, -0.2) is 9.97 Å². The van der Waals surface area contributed by atoms with Crippen LogP contribution in [0.2, 0.25) is 0 Å². The average molecular weight is 227 g/mol. The van der Waals surface area contributed by atoms with Gasteiger partial charge >= 0.3 is 0 Å². The fraction of sp³-hybridized carbons (Fsp3) is 0.444. The number of aliphatic hydroxyl groups excluding tert-OH is 1. The normalized spacial score (nSPS) is 10.0. The minimum Gasteiger partial charge on any atom is -0.396 e. The number of aldehydes is 1. The summed E-state index contributed by atoms with van der Waals surface area (Å²) in [6.45, 7) is 0.700. The largest absolute Gasteiger partial charge is 0.396 e. The molecule has 1 rings (SSSR count). The number of rotatable bonds is 6. The summed E-state index contributed by atoms with van der Waals surface area (Å²) in [7, 11) is 0. The minimum atomic E-state index is 0.115. The Labute approximate surface area is 92.3 Å². The highest BCUT2D eigenvalue weighted by Gasteiger charge is 2.05. The molecule has 0 saturated heterocycles. The molecule has 0 aliphatic heterocycles. The Morgan fingerprint density at radius 3 is 3.07 bits per heavy atom. The number of hydrogen-bond donors (Lipinski definition) is 2. The van der Waals surface area contributed by atoms with E-state index in [0.29, 0.717) is 35.8 Å². The molecule has 0 spiro atoms. The third-order valence-corrected chi connectivity index (χ3v) is 2.29. The summed E-state index contributed by atoms with van der Waals surface area (Å²) in [4.78, 5) is 18.8. The third kappa shape index (κ3) is 3.49. The second-order valence-electron chi connectivity index (χ2n) is 2.78. The van der Waals surface area contributed by atoms with Gasteiger partial charge < -0.3 is 10.4 Å². The highest BCUT2D eigenvalue weighted by molar-refractivity contribution is 7.98. The van der Waals surface area contributed by atoms with Crippen molar-refractivity contribution < 1.29 is 9.90 Å². The maximum absolute atomic E-state index is 10.7. The number of nitrogens with zero attached hydrogens (tertiary/aromatic N) is 2. The van der Waals surface area contributed by atoms with Crippen LogP contribution in [0, 0.1) is 0 Å². The molecule has 1 aromatic heterocycles. The van der Waals surface area contributed by atoms with E-state index in [2.05, 4.69) is 15.3 Å². The summed E-state index contributed by atoms with van der Waals surface area (Å²) in [5.74, 6) is 0.526. The molecule has 0 amide bonds. The van der Waals surface area contributed by atoms with Gasteiger partial charge in [0.15, 0.2) is 11.4 Å². The molecule has 1 aromatic rings. The van der Waals surface area contributed by atoms with Gasteiger partial charge in [0.05, 0.1) is 5.56 Å². The zero-order valence-electron chi connectivity index (χ0n) is 8.43. The molecule has 0 atom stereocenters. The molecular weight excluding hydrogens is 214 g/mol. The molecule has 0 radical (unpaired) electrons. The van der Waals surface area contributed by atoms with Crippen molar-refractivity contribution >= 4 is 23.9 Å². The minimum absolute atomic E-state index is 0.115. The molecule has 0 aliphatic carbocycles. The quantitative estimate of drug-likeness (QED) is 0.324. The highest BCUT2D eigenvalue weighted by atomic mass is 32.2. The van der Waals surface area contributed by atoms with E-state index in [1.54, 1.807) is 0 Å². The van der Waals surface area contributed by atoms with Gasteiger partial charge in [0, 0.05) is 19.3 Å². The molecule has 0 bridgehead atoms. The maximum Gasteiger partial charge on any atom is 0.189 e. The zero-order valence-corrected chi connectivity index (χ0v) is 9.25. The van der Waals surface area contributed by atoms with E-state index in [4.69, 9.17) is 5.11 Å². The summed E-state index contributed by atoms with van der Waals surface area (Å²) < 4.78 is 0. The van der Waals surface area contributed by atoms with E-state index in [1.807, 2.05) is 6.26 Å². The van der Waals surface area contributed by atoms with Gasteiger partial charge in [-0.2, -0.15) is 0 Å². The Hall–Kier alpha value is -1.14. The topological polar surface area (TPSA) is 75.1 Å². The van der Waals surface area contributed by atoms with Crippen LogP contribution in [0.5, 0.6) is 0 Å². The maximum atomic E-state index is 10.7. The van der Waals surface area contributed by atoms with Gasteiger partial charge in [-0.15, -0.1) is 0 Å². The zero-order chi connectivity index (χ0) is 11.1. The smallest absolute Gasteiger partial charge is 0.189 e.